The Bertz CT molecular complexity index is 963. The summed E-state index contributed by atoms with van der Waals surface area (Å²) >= 11 is 0. The van der Waals surface area contributed by atoms with Gasteiger partial charge in [0, 0.05) is 31.5 Å². The summed E-state index contributed by atoms with van der Waals surface area (Å²) in [4.78, 5) is 38.7. The molecule has 2 aromatic rings. The van der Waals surface area contributed by atoms with E-state index in [4.69, 9.17) is 4.74 Å². The predicted octanol–water partition coefficient (Wildman–Crippen LogP) is 2.56. The van der Waals surface area contributed by atoms with E-state index < -0.39 is 0 Å². The van der Waals surface area contributed by atoms with Crippen molar-refractivity contribution in [3.8, 4) is 0 Å². The molecule has 4 rings (SSSR count). The number of amides is 2. The van der Waals surface area contributed by atoms with Gasteiger partial charge < -0.3 is 15.0 Å². The first-order valence-corrected chi connectivity index (χ1v) is 11.0. The highest BCUT2D eigenvalue weighted by molar-refractivity contribution is 6.04. The van der Waals surface area contributed by atoms with Gasteiger partial charge in [-0.3, -0.25) is 14.5 Å². The maximum Gasteiger partial charge on any atom is 0.259 e. The van der Waals surface area contributed by atoms with Crippen LogP contribution in [0.1, 0.15) is 47.2 Å². The summed E-state index contributed by atoms with van der Waals surface area (Å²) in [6.07, 6.45) is 4.27. The zero-order chi connectivity index (χ0) is 22.5. The van der Waals surface area contributed by atoms with Gasteiger partial charge in [0.2, 0.25) is 5.91 Å². The van der Waals surface area contributed by atoms with Gasteiger partial charge in [0.1, 0.15) is 5.82 Å². The third-order valence-electron chi connectivity index (χ3n) is 5.93. The molecule has 1 atom stereocenters. The Morgan fingerprint density at radius 3 is 2.62 bits per heavy atom. The molecule has 2 saturated heterocycles. The fourth-order valence-corrected chi connectivity index (χ4v) is 4.14. The number of nitrogens with one attached hydrogen (secondary N) is 1. The van der Waals surface area contributed by atoms with Crippen LogP contribution >= 0.6 is 0 Å². The van der Waals surface area contributed by atoms with Crippen LogP contribution in [-0.2, 0) is 9.53 Å². The van der Waals surface area contributed by atoms with Gasteiger partial charge in [-0.1, -0.05) is 0 Å². The highest BCUT2D eigenvalue weighted by Gasteiger charge is 2.31. The fraction of sp³-hybridized carbons (Fsp3) is 0.478. The lowest BCUT2D eigenvalue weighted by Crippen LogP contribution is -2.47. The van der Waals surface area contributed by atoms with Crippen LogP contribution in [0.4, 0.5) is 10.1 Å². The van der Waals surface area contributed by atoms with Gasteiger partial charge >= 0.3 is 0 Å². The number of carbonyl (C=O) groups excluding carboxylic acids is 2. The Labute approximate surface area is 186 Å². The number of hydrogen-bond donors (Lipinski definition) is 1. The maximum atomic E-state index is 13.1. The Balaban J connectivity index is 1.46. The van der Waals surface area contributed by atoms with Crippen LogP contribution < -0.4 is 5.32 Å². The monoisotopic (exact) mass is 441 g/mol. The standard InChI is InChI=1S/C23H28FN5O3/c1-16-19(23(31)27-18-7-5-17(24)6-8-18)14-25-22(26-16)20-4-2-3-9-29(20)21(30)15-28-10-12-32-13-11-28/h5-8,14,20H,2-4,9-13,15H2,1H3,(H,27,31). The van der Waals surface area contributed by atoms with E-state index in [0.717, 1.165) is 32.4 Å². The van der Waals surface area contributed by atoms with E-state index in [1.165, 1.54) is 30.5 Å². The van der Waals surface area contributed by atoms with Gasteiger partial charge in [-0.2, -0.15) is 0 Å². The van der Waals surface area contributed by atoms with E-state index in [-0.39, 0.29) is 23.7 Å². The van der Waals surface area contributed by atoms with Crippen LogP contribution in [0.3, 0.4) is 0 Å². The second-order valence-corrected chi connectivity index (χ2v) is 8.18. The third-order valence-corrected chi connectivity index (χ3v) is 5.93. The average Bonchev–Trinajstić information content (AvgIpc) is 2.81. The van der Waals surface area contributed by atoms with Gasteiger partial charge in [0.05, 0.1) is 37.1 Å². The van der Waals surface area contributed by atoms with Gasteiger partial charge in [0.15, 0.2) is 5.82 Å². The number of hydrogen-bond acceptors (Lipinski definition) is 6. The van der Waals surface area contributed by atoms with Crippen LogP contribution in [0, 0.1) is 12.7 Å². The lowest BCUT2D eigenvalue weighted by atomic mass is 10.0. The van der Waals surface area contributed by atoms with Crippen molar-refractivity contribution in [2.24, 2.45) is 0 Å². The van der Waals surface area contributed by atoms with E-state index in [0.29, 0.717) is 49.1 Å². The van der Waals surface area contributed by atoms with Crippen LogP contribution in [0.15, 0.2) is 30.5 Å². The van der Waals surface area contributed by atoms with Crippen molar-refractivity contribution in [1.82, 2.24) is 19.8 Å². The zero-order valence-corrected chi connectivity index (χ0v) is 18.2. The van der Waals surface area contributed by atoms with E-state index in [2.05, 4.69) is 20.2 Å². The summed E-state index contributed by atoms with van der Waals surface area (Å²) in [5, 5.41) is 2.73. The lowest BCUT2D eigenvalue weighted by Gasteiger charge is -2.37. The Kier molecular flexibility index (Phi) is 7.06. The summed E-state index contributed by atoms with van der Waals surface area (Å²) in [5.74, 6) is -0.0801. The molecule has 2 aliphatic heterocycles. The van der Waals surface area contributed by atoms with Crippen molar-refractivity contribution in [3.63, 3.8) is 0 Å². The molecule has 170 valence electrons. The number of rotatable bonds is 5. The van der Waals surface area contributed by atoms with Crippen molar-refractivity contribution in [3.05, 3.63) is 53.4 Å². The topological polar surface area (TPSA) is 87.7 Å². The Morgan fingerprint density at radius 2 is 1.91 bits per heavy atom. The quantitative estimate of drug-likeness (QED) is 0.767. The van der Waals surface area contributed by atoms with Crippen LogP contribution in [-0.4, -0.2) is 71.0 Å². The van der Waals surface area contributed by atoms with E-state index >= 15 is 0 Å². The number of morpholine rings is 1. The van der Waals surface area contributed by atoms with Crippen LogP contribution in [0.2, 0.25) is 0 Å². The van der Waals surface area contributed by atoms with E-state index in [1.54, 1.807) is 6.92 Å². The highest BCUT2D eigenvalue weighted by Crippen LogP contribution is 2.29. The molecule has 1 aromatic heterocycles. The van der Waals surface area contributed by atoms with Crippen molar-refractivity contribution >= 4 is 17.5 Å². The summed E-state index contributed by atoms with van der Waals surface area (Å²) < 4.78 is 18.5. The first-order chi connectivity index (χ1) is 15.5. The molecule has 0 spiro atoms. The minimum atomic E-state index is -0.368. The molecule has 32 heavy (non-hydrogen) atoms. The number of nitrogens with zero attached hydrogens (tertiary/aromatic N) is 4. The molecular weight excluding hydrogens is 413 g/mol. The average molecular weight is 442 g/mol. The molecule has 2 aliphatic rings. The molecule has 1 aromatic carbocycles. The minimum absolute atomic E-state index is 0.0796. The number of halogens is 1. The number of likely N-dealkylation sites (tertiary alicyclic amines) is 1. The number of anilines is 1. The lowest BCUT2D eigenvalue weighted by molar-refractivity contribution is -0.137. The van der Waals surface area contributed by atoms with Gasteiger partial charge in [0.25, 0.3) is 5.91 Å². The summed E-state index contributed by atoms with van der Waals surface area (Å²) in [5.41, 5.74) is 1.38. The Hall–Kier alpha value is -2.91. The number of ether oxygens (including phenoxy) is 1. The van der Waals surface area contributed by atoms with Crippen molar-refractivity contribution < 1.29 is 18.7 Å². The van der Waals surface area contributed by atoms with Gasteiger partial charge in [-0.15, -0.1) is 0 Å². The predicted molar refractivity (Wildman–Crippen MR) is 117 cm³/mol. The molecule has 2 amide bonds. The van der Waals surface area contributed by atoms with Crippen molar-refractivity contribution in [2.75, 3.05) is 44.7 Å². The molecule has 3 heterocycles. The molecule has 8 nitrogen and oxygen atoms in total. The molecule has 0 saturated carbocycles. The number of piperidine rings is 1. The Morgan fingerprint density at radius 1 is 1.16 bits per heavy atom. The first-order valence-electron chi connectivity index (χ1n) is 11.0. The third kappa shape index (κ3) is 5.28. The summed E-state index contributed by atoms with van der Waals surface area (Å²) in [6, 6.07) is 5.38. The van der Waals surface area contributed by atoms with Gasteiger partial charge in [-0.25, -0.2) is 14.4 Å². The molecule has 1 N–H and O–H groups in total. The molecule has 1 unspecified atom stereocenters. The molecule has 0 aliphatic carbocycles. The molecule has 0 bridgehead atoms. The SMILES string of the molecule is Cc1nc(C2CCCCN2C(=O)CN2CCOCC2)ncc1C(=O)Nc1ccc(F)cc1. The highest BCUT2D eigenvalue weighted by atomic mass is 19.1. The number of aryl methyl sites for hydroxylation is 1. The first kappa shape index (κ1) is 22.3. The zero-order valence-electron chi connectivity index (χ0n) is 18.2. The number of aromatic nitrogens is 2. The van der Waals surface area contributed by atoms with Crippen LogP contribution in [0.5, 0.6) is 0 Å². The van der Waals surface area contributed by atoms with E-state index in [9.17, 15) is 14.0 Å². The van der Waals surface area contributed by atoms with Gasteiger partial charge in [-0.05, 0) is 50.5 Å². The molecule has 2 fully saturated rings. The summed E-state index contributed by atoms with van der Waals surface area (Å²) in [7, 11) is 0. The van der Waals surface area contributed by atoms with Crippen molar-refractivity contribution in [1.29, 1.82) is 0 Å². The number of benzene rings is 1. The second kappa shape index (κ2) is 10.1. The van der Waals surface area contributed by atoms with E-state index in [1.807, 2.05) is 4.90 Å². The van der Waals surface area contributed by atoms with Crippen molar-refractivity contribution in [2.45, 2.75) is 32.2 Å². The second-order valence-electron chi connectivity index (χ2n) is 8.18. The normalized spacial score (nSPS) is 19.6. The molecule has 0 radical (unpaired) electrons. The molecule has 9 heteroatoms. The smallest absolute Gasteiger partial charge is 0.259 e. The summed E-state index contributed by atoms with van der Waals surface area (Å²) in [6.45, 7) is 5.64. The largest absolute Gasteiger partial charge is 0.379 e. The fourth-order valence-electron chi connectivity index (χ4n) is 4.14. The van der Waals surface area contributed by atoms with Crippen LogP contribution in [0.25, 0.3) is 0 Å². The molecular formula is C23H28FN5O3. The maximum absolute atomic E-state index is 13.1. The minimum Gasteiger partial charge on any atom is -0.379 e. The number of carbonyl (C=O) groups is 2.